The first-order valence-electron chi connectivity index (χ1n) is 6.51. The SMILES string of the molecule is CCN(C(=O)N(CC(N)=O)CC(=O)O)C1CCCC1. The van der Waals surface area contributed by atoms with Crippen LogP contribution in [0.1, 0.15) is 32.6 Å². The number of urea groups is 1. The predicted octanol–water partition coefficient (Wildman–Crippen LogP) is 0.243. The fourth-order valence-electron chi connectivity index (χ4n) is 2.49. The van der Waals surface area contributed by atoms with Crippen LogP contribution in [0.5, 0.6) is 0 Å². The van der Waals surface area contributed by atoms with Crippen molar-refractivity contribution < 1.29 is 19.5 Å². The molecule has 0 saturated heterocycles. The summed E-state index contributed by atoms with van der Waals surface area (Å²) in [5.41, 5.74) is 5.06. The van der Waals surface area contributed by atoms with Gasteiger partial charge < -0.3 is 20.6 Å². The van der Waals surface area contributed by atoms with E-state index in [1.54, 1.807) is 4.90 Å². The van der Waals surface area contributed by atoms with Crippen molar-refractivity contribution in [1.29, 1.82) is 0 Å². The zero-order chi connectivity index (χ0) is 14.4. The van der Waals surface area contributed by atoms with Gasteiger partial charge in [-0.1, -0.05) is 12.8 Å². The lowest BCUT2D eigenvalue weighted by atomic mass is 10.2. The Morgan fingerprint density at radius 2 is 1.79 bits per heavy atom. The Labute approximate surface area is 112 Å². The molecule has 0 aromatic carbocycles. The molecule has 1 fully saturated rings. The minimum atomic E-state index is -1.16. The highest BCUT2D eigenvalue weighted by molar-refractivity contribution is 5.86. The van der Waals surface area contributed by atoms with Crippen molar-refractivity contribution in [3.63, 3.8) is 0 Å². The van der Waals surface area contributed by atoms with Gasteiger partial charge in [-0.15, -0.1) is 0 Å². The van der Waals surface area contributed by atoms with Crippen LogP contribution >= 0.6 is 0 Å². The van der Waals surface area contributed by atoms with Gasteiger partial charge in [0, 0.05) is 12.6 Å². The van der Waals surface area contributed by atoms with E-state index in [-0.39, 0.29) is 12.6 Å². The normalized spacial score (nSPS) is 15.2. The summed E-state index contributed by atoms with van der Waals surface area (Å²) in [6.07, 6.45) is 4.00. The van der Waals surface area contributed by atoms with E-state index in [1.807, 2.05) is 6.92 Å². The monoisotopic (exact) mass is 271 g/mol. The molecule has 108 valence electrons. The van der Waals surface area contributed by atoms with Gasteiger partial charge in [0.25, 0.3) is 0 Å². The summed E-state index contributed by atoms with van der Waals surface area (Å²) < 4.78 is 0. The molecule has 7 nitrogen and oxygen atoms in total. The summed E-state index contributed by atoms with van der Waals surface area (Å²) in [4.78, 5) is 36.7. The highest BCUT2D eigenvalue weighted by Crippen LogP contribution is 2.24. The highest BCUT2D eigenvalue weighted by atomic mass is 16.4. The molecule has 0 heterocycles. The lowest BCUT2D eigenvalue weighted by Crippen LogP contribution is -2.51. The second-order valence-corrected chi connectivity index (χ2v) is 4.72. The lowest BCUT2D eigenvalue weighted by Gasteiger charge is -2.32. The van der Waals surface area contributed by atoms with E-state index in [0.717, 1.165) is 30.6 Å². The zero-order valence-electron chi connectivity index (χ0n) is 11.2. The van der Waals surface area contributed by atoms with Gasteiger partial charge in [0.2, 0.25) is 5.91 Å². The molecule has 0 spiro atoms. The Morgan fingerprint density at radius 1 is 1.21 bits per heavy atom. The van der Waals surface area contributed by atoms with Gasteiger partial charge in [-0.2, -0.15) is 0 Å². The Bertz CT molecular complexity index is 337. The van der Waals surface area contributed by atoms with E-state index in [0.29, 0.717) is 6.54 Å². The van der Waals surface area contributed by atoms with Crippen molar-refractivity contribution in [2.24, 2.45) is 5.73 Å². The van der Waals surface area contributed by atoms with Crippen molar-refractivity contribution in [3.8, 4) is 0 Å². The third-order valence-electron chi connectivity index (χ3n) is 3.30. The fourth-order valence-corrected chi connectivity index (χ4v) is 2.49. The molecule has 0 aliphatic heterocycles. The quantitative estimate of drug-likeness (QED) is 0.722. The number of aliphatic carboxylic acids is 1. The Balaban J connectivity index is 2.76. The van der Waals surface area contributed by atoms with Crippen LogP contribution in [-0.4, -0.2) is 58.5 Å². The fraction of sp³-hybridized carbons (Fsp3) is 0.750. The summed E-state index contributed by atoms with van der Waals surface area (Å²) in [5, 5.41) is 8.80. The summed E-state index contributed by atoms with van der Waals surface area (Å²) in [7, 11) is 0. The van der Waals surface area contributed by atoms with Crippen LogP contribution in [0.4, 0.5) is 4.79 Å². The van der Waals surface area contributed by atoms with Crippen LogP contribution in [0.25, 0.3) is 0 Å². The first kappa shape index (κ1) is 15.3. The minimum absolute atomic E-state index is 0.140. The summed E-state index contributed by atoms with van der Waals surface area (Å²) >= 11 is 0. The molecule has 19 heavy (non-hydrogen) atoms. The molecule has 0 atom stereocenters. The number of hydrogen-bond acceptors (Lipinski definition) is 3. The third kappa shape index (κ3) is 4.42. The summed E-state index contributed by atoms with van der Waals surface area (Å²) in [6.45, 7) is 1.47. The van der Waals surface area contributed by atoms with E-state index in [9.17, 15) is 14.4 Å². The van der Waals surface area contributed by atoms with Crippen molar-refractivity contribution in [2.45, 2.75) is 38.6 Å². The van der Waals surface area contributed by atoms with Crippen molar-refractivity contribution in [2.75, 3.05) is 19.6 Å². The van der Waals surface area contributed by atoms with Crippen LogP contribution in [0, 0.1) is 0 Å². The molecular weight excluding hydrogens is 250 g/mol. The van der Waals surface area contributed by atoms with E-state index in [4.69, 9.17) is 10.8 Å². The average molecular weight is 271 g/mol. The first-order chi connectivity index (χ1) is 8.95. The summed E-state index contributed by atoms with van der Waals surface area (Å²) in [5.74, 6) is -1.87. The minimum Gasteiger partial charge on any atom is -0.480 e. The number of carboxylic acids is 1. The van der Waals surface area contributed by atoms with Crippen LogP contribution in [0.3, 0.4) is 0 Å². The number of nitrogens with two attached hydrogens (primary N) is 1. The number of nitrogens with zero attached hydrogens (tertiary/aromatic N) is 2. The Hall–Kier alpha value is -1.79. The van der Waals surface area contributed by atoms with Gasteiger partial charge in [0.15, 0.2) is 0 Å². The topological polar surface area (TPSA) is 104 Å². The highest BCUT2D eigenvalue weighted by Gasteiger charge is 2.30. The Kier molecular flexibility index (Phi) is 5.59. The summed E-state index contributed by atoms with van der Waals surface area (Å²) in [6, 6.07) is -0.280. The van der Waals surface area contributed by atoms with E-state index < -0.39 is 24.5 Å². The largest absolute Gasteiger partial charge is 0.480 e. The zero-order valence-corrected chi connectivity index (χ0v) is 11.2. The molecule has 1 saturated carbocycles. The predicted molar refractivity (Wildman–Crippen MR) is 68.4 cm³/mol. The Morgan fingerprint density at radius 3 is 2.21 bits per heavy atom. The van der Waals surface area contributed by atoms with Crippen LogP contribution in [0.15, 0.2) is 0 Å². The molecular formula is C12H21N3O4. The molecule has 0 radical (unpaired) electrons. The molecule has 0 aromatic rings. The van der Waals surface area contributed by atoms with Gasteiger partial charge >= 0.3 is 12.0 Å². The van der Waals surface area contributed by atoms with Crippen molar-refractivity contribution in [1.82, 2.24) is 9.80 Å². The molecule has 0 unspecified atom stereocenters. The van der Waals surface area contributed by atoms with Gasteiger partial charge in [-0.25, -0.2) is 4.79 Å². The van der Waals surface area contributed by atoms with E-state index in [2.05, 4.69) is 0 Å². The molecule has 7 heteroatoms. The number of hydrogen-bond donors (Lipinski definition) is 2. The smallest absolute Gasteiger partial charge is 0.323 e. The maximum Gasteiger partial charge on any atom is 0.323 e. The van der Waals surface area contributed by atoms with Gasteiger partial charge in [-0.3, -0.25) is 9.59 Å². The molecule has 0 aromatic heterocycles. The maximum absolute atomic E-state index is 12.3. The second-order valence-electron chi connectivity index (χ2n) is 4.72. The first-order valence-corrected chi connectivity index (χ1v) is 6.51. The molecule has 1 aliphatic carbocycles. The lowest BCUT2D eigenvalue weighted by molar-refractivity contribution is -0.138. The number of rotatable bonds is 6. The molecule has 1 aliphatic rings. The standard InChI is InChI=1S/C12H21N3O4/c1-2-15(9-5-3-4-6-9)12(19)14(7-10(13)16)8-11(17)18/h9H,2-8H2,1H3,(H2,13,16)(H,17,18). The molecule has 3 amide bonds. The number of primary amides is 1. The number of carboxylic acid groups (broad SMARTS) is 1. The molecule has 0 bridgehead atoms. The maximum atomic E-state index is 12.3. The van der Waals surface area contributed by atoms with E-state index >= 15 is 0 Å². The van der Waals surface area contributed by atoms with Crippen molar-refractivity contribution in [3.05, 3.63) is 0 Å². The molecule has 3 N–H and O–H groups in total. The van der Waals surface area contributed by atoms with Gasteiger partial charge in [0.1, 0.15) is 13.1 Å². The third-order valence-corrected chi connectivity index (χ3v) is 3.30. The number of amides is 3. The van der Waals surface area contributed by atoms with Crippen molar-refractivity contribution >= 4 is 17.9 Å². The van der Waals surface area contributed by atoms with Gasteiger partial charge in [0.05, 0.1) is 0 Å². The van der Waals surface area contributed by atoms with Gasteiger partial charge in [-0.05, 0) is 19.8 Å². The van der Waals surface area contributed by atoms with Crippen LogP contribution in [0.2, 0.25) is 0 Å². The van der Waals surface area contributed by atoms with E-state index in [1.165, 1.54) is 0 Å². The number of carbonyl (C=O) groups is 3. The molecule has 1 rings (SSSR count). The van der Waals surface area contributed by atoms with Crippen LogP contribution < -0.4 is 5.73 Å². The second kappa shape index (κ2) is 6.96. The average Bonchev–Trinajstić information content (AvgIpc) is 2.81. The number of carbonyl (C=O) groups excluding carboxylic acids is 2. The van der Waals surface area contributed by atoms with Crippen LogP contribution in [-0.2, 0) is 9.59 Å².